The van der Waals surface area contributed by atoms with E-state index in [4.69, 9.17) is 10.5 Å². The topological polar surface area (TPSA) is 55.6 Å². The van der Waals surface area contributed by atoms with Crippen molar-refractivity contribution in [3.05, 3.63) is 0 Å². The fraction of sp³-hybridized carbons (Fsp3) is 0.923. The Hall–Kier alpha value is -0.610. The molecule has 1 fully saturated rings. The van der Waals surface area contributed by atoms with Crippen LogP contribution in [-0.2, 0) is 9.53 Å². The van der Waals surface area contributed by atoms with Crippen molar-refractivity contribution in [3.63, 3.8) is 0 Å². The van der Waals surface area contributed by atoms with E-state index in [1.807, 2.05) is 25.7 Å². The van der Waals surface area contributed by atoms with Gasteiger partial charge in [0.05, 0.1) is 18.1 Å². The number of amides is 1. The van der Waals surface area contributed by atoms with Crippen LogP contribution in [0, 0.1) is 11.8 Å². The van der Waals surface area contributed by atoms with Crippen LogP contribution in [0.1, 0.15) is 34.1 Å². The van der Waals surface area contributed by atoms with Crippen molar-refractivity contribution >= 4 is 5.91 Å². The largest absolute Gasteiger partial charge is 0.374 e. The number of hydrogen-bond acceptors (Lipinski definition) is 3. The third-order valence-corrected chi connectivity index (χ3v) is 3.85. The molecule has 0 aliphatic carbocycles. The summed E-state index contributed by atoms with van der Waals surface area (Å²) >= 11 is 0. The number of carbonyl (C=O) groups is 1. The maximum absolute atomic E-state index is 12.5. The Balaban J connectivity index is 2.66. The maximum Gasteiger partial charge on any atom is 0.228 e. The van der Waals surface area contributed by atoms with Crippen LogP contribution < -0.4 is 5.73 Å². The molecule has 0 spiro atoms. The molecule has 17 heavy (non-hydrogen) atoms. The number of hydrogen-bond donors (Lipinski definition) is 1. The molecule has 0 aromatic carbocycles. The summed E-state index contributed by atoms with van der Waals surface area (Å²) < 4.78 is 5.73. The lowest BCUT2D eigenvalue weighted by Gasteiger charge is -2.27. The Bertz CT molecular complexity index is 258. The van der Waals surface area contributed by atoms with Gasteiger partial charge in [0.1, 0.15) is 0 Å². The average Bonchev–Trinajstić information content (AvgIpc) is 2.54. The molecule has 1 heterocycles. The predicted octanol–water partition coefficient (Wildman–Crippen LogP) is 1.24. The van der Waals surface area contributed by atoms with E-state index in [-0.39, 0.29) is 24.0 Å². The minimum atomic E-state index is 0.00252. The third-order valence-electron chi connectivity index (χ3n) is 3.85. The molecule has 100 valence electrons. The molecule has 4 unspecified atom stereocenters. The summed E-state index contributed by atoms with van der Waals surface area (Å²) in [6.45, 7) is 10.3. The van der Waals surface area contributed by atoms with Gasteiger partial charge in [-0.2, -0.15) is 0 Å². The molecule has 0 saturated carbocycles. The summed E-state index contributed by atoms with van der Waals surface area (Å²) in [4.78, 5) is 14.4. The van der Waals surface area contributed by atoms with E-state index in [0.717, 1.165) is 19.5 Å². The first-order valence-corrected chi connectivity index (χ1v) is 6.67. The summed E-state index contributed by atoms with van der Waals surface area (Å²) in [6.07, 6.45) is 1.07. The summed E-state index contributed by atoms with van der Waals surface area (Å²) in [5, 5.41) is 0. The quantitative estimate of drug-likeness (QED) is 0.789. The van der Waals surface area contributed by atoms with Crippen molar-refractivity contribution in [2.24, 2.45) is 17.6 Å². The average molecular weight is 242 g/mol. The highest BCUT2D eigenvalue weighted by Gasteiger charge is 2.42. The van der Waals surface area contributed by atoms with Crippen LogP contribution in [0.3, 0.4) is 0 Å². The normalized spacial score (nSPS) is 32.8. The van der Waals surface area contributed by atoms with Crippen molar-refractivity contribution in [2.75, 3.05) is 19.6 Å². The van der Waals surface area contributed by atoms with E-state index in [1.165, 1.54) is 0 Å². The van der Waals surface area contributed by atoms with Crippen molar-refractivity contribution in [3.8, 4) is 0 Å². The van der Waals surface area contributed by atoms with Crippen molar-refractivity contribution in [1.29, 1.82) is 0 Å². The van der Waals surface area contributed by atoms with Gasteiger partial charge in [0.2, 0.25) is 5.91 Å². The SMILES string of the molecule is CCN(CCCN)C(=O)C1C(C)OC(C)C1C. The van der Waals surface area contributed by atoms with Gasteiger partial charge in [-0.15, -0.1) is 0 Å². The van der Waals surface area contributed by atoms with E-state index in [2.05, 4.69) is 6.92 Å². The lowest BCUT2D eigenvalue weighted by atomic mass is 9.88. The molecule has 4 nitrogen and oxygen atoms in total. The Morgan fingerprint density at radius 2 is 1.94 bits per heavy atom. The fourth-order valence-corrected chi connectivity index (χ4v) is 2.61. The second-order valence-corrected chi connectivity index (χ2v) is 4.99. The third kappa shape index (κ3) is 3.19. The summed E-state index contributed by atoms with van der Waals surface area (Å²) in [6, 6.07) is 0. The standard InChI is InChI=1S/C13H26N2O2/c1-5-15(8-6-7-14)13(16)12-9(2)10(3)17-11(12)4/h9-12H,5-8,14H2,1-4H3. The fourth-order valence-electron chi connectivity index (χ4n) is 2.61. The van der Waals surface area contributed by atoms with E-state index in [9.17, 15) is 4.79 Å². The number of rotatable bonds is 5. The zero-order chi connectivity index (χ0) is 13.0. The van der Waals surface area contributed by atoms with Crippen LogP contribution in [0.2, 0.25) is 0 Å². The molecular weight excluding hydrogens is 216 g/mol. The zero-order valence-corrected chi connectivity index (χ0v) is 11.5. The monoisotopic (exact) mass is 242 g/mol. The smallest absolute Gasteiger partial charge is 0.228 e. The van der Waals surface area contributed by atoms with Gasteiger partial charge in [-0.25, -0.2) is 0 Å². The molecule has 1 aliphatic heterocycles. The molecule has 4 atom stereocenters. The minimum Gasteiger partial charge on any atom is -0.374 e. The molecule has 4 heteroatoms. The molecule has 1 amide bonds. The Labute approximate surface area is 104 Å². The second-order valence-electron chi connectivity index (χ2n) is 4.99. The minimum absolute atomic E-state index is 0.00252. The number of carbonyl (C=O) groups excluding carboxylic acids is 1. The summed E-state index contributed by atoms with van der Waals surface area (Å²) in [5.41, 5.74) is 5.50. The van der Waals surface area contributed by atoms with Crippen LogP contribution in [-0.4, -0.2) is 42.6 Å². The van der Waals surface area contributed by atoms with Crippen LogP contribution in [0.4, 0.5) is 0 Å². The van der Waals surface area contributed by atoms with Gasteiger partial charge in [-0.05, 0) is 39.7 Å². The van der Waals surface area contributed by atoms with Crippen molar-refractivity contribution in [1.82, 2.24) is 4.90 Å². The van der Waals surface area contributed by atoms with Gasteiger partial charge in [0, 0.05) is 13.1 Å². The summed E-state index contributed by atoms with van der Waals surface area (Å²) in [7, 11) is 0. The van der Waals surface area contributed by atoms with E-state index in [1.54, 1.807) is 0 Å². The molecular formula is C13H26N2O2. The van der Waals surface area contributed by atoms with Gasteiger partial charge in [-0.3, -0.25) is 4.79 Å². The van der Waals surface area contributed by atoms with Crippen molar-refractivity contribution < 1.29 is 9.53 Å². The lowest BCUT2D eigenvalue weighted by molar-refractivity contribution is -0.137. The van der Waals surface area contributed by atoms with Crippen LogP contribution in [0.15, 0.2) is 0 Å². The predicted molar refractivity (Wildman–Crippen MR) is 68.6 cm³/mol. The first kappa shape index (κ1) is 14.5. The van der Waals surface area contributed by atoms with Gasteiger partial charge in [0.15, 0.2) is 0 Å². The molecule has 1 aliphatic rings. The van der Waals surface area contributed by atoms with Gasteiger partial charge < -0.3 is 15.4 Å². The number of nitrogens with zero attached hydrogens (tertiary/aromatic N) is 1. The molecule has 0 aromatic rings. The van der Waals surface area contributed by atoms with Gasteiger partial charge >= 0.3 is 0 Å². The summed E-state index contributed by atoms with van der Waals surface area (Å²) in [5.74, 6) is 0.525. The highest BCUT2D eigenvalue weighted by Crippen LogP contribution is 2.33. The second kappa shape index (κ2) is 6.36. The highest BCUT2D eigenvalue weighted by atomic mass is 16.5. The highest BCUT2D eigenvalue weighted by molar-refractivity contribution is 5.80. The maximum atomic E-state index is 12.5. The Kier molecular flexibility index (Phi) is 5.40. The first-order valence-electron chi connectivity index (χ1n) is 6.67. The molecule has 0 radical (unpaired) electrons. The first-order chi connectivity index (χ1) is 8.02. The van der Waals surface area contributed by atoms with E-state index >= 15 is 0 Å². The Morgan fingerprint density at radius 1 is 1.29 bits per heavy atom. The molecule has 1 saturated heterocycles. The lowest BCUT2D eigenvalue weighted by Crippen LogP contribution is -2.41. The molecule has 1 rings (SSSR count). The molecule has 0 bridgehead atoms. The Morgan fingerprint density at radius 3 is 2.35 bits per heavy atom. The van der Waals surface area contributed by atoms with Crippen LogP contribution in [0.25, 0.3) is 0 Å². The zero-order valence-electron chi connectivity index (χ0n) is 11.5. The number of ether oxygens (including phenoxy) is 1. The van der Waals surface area contributed by atoms with Crippen LogP contribution >= 0.6 is 0 Å². The molecule has 2 N–H and O–H groups in total. The van der Waals surface area contributed by atoms with Gasteiger partial charge in [-0.1, -0.05) is 6.92 Å². The van der Waals surface area contributed by atoms with Crippen molar-refractivity contribution in [2.45, 2.75) is 46.3 Å². The van der Waals surface area contributed by atoms with E-state index < -0.39 is 0 Å². The number of nitrogens with two attached hydrogens (primary N) is 1. The van der Waals surface area contributed by atoms with Crippen LogP contribution in [0.5, 0.6) is 0 Å². The van der Waals surface area contributed by atoms with Gasteiger partial charge in [0.25, 0.3) is 0 Å². The van der Waals surface area contributed by atoms with E-state index in [0.29, 0.717) is 12.5 Å². The molecule has 0 aromatic heterocycles.